The van der Waals surface area contributed by atoms with Crippen molar-refractivity contribution in [1.82, 2.24) is 0 Å². The summed E-state index contributed by atoms with van der Waals surface area (Å²) in [6.07, 6.45) is 0. The van der Waals surface area contributed by atoms with E-state index in [-0.39, 0.29) is 4.47 Å². The van der Waals surface area contributed by atoms with Gasteiger partial charge in [0.05, 0.1) is 4.90 Å². The van der Waals surface area contributed by atoms with Gasteiger partial charge in [-0.2, -0.15) is 8.42 Å². The van der Waals surface area contributed by atoms with Crippen LogP contribution in [-0.2, 0) is 10.1 Å². The van der Waals surface area contributed by atoms with E-state index in [1.165, 1.54) is 0 Å². The maximum absolute atomic E-state index is 12.6. The minimum absolute atomic E-state index is 0.259. The van der Waals surface area contributed by atoms with Gasteiger partial charge in [-0.15, -0.1) is 0 Å². The molecule has 0 bridgehead atoms. The molecule has 3 nitrogen and oxygen atoms in total. The smallest absolute Gasteiger partial charge is 0.282 e. The van der Waals surface area contributed by atoms with Crippen molar-refractivity contribution in [3.8, 4) is 0 Å². The van der Waals surface area contributed by atoms with E-state index in [4.69, 9.17) is 4.55 Å². The molecule has 0 aliphatic heterocycles. The molecule has 1 N–H and O–H groups in total. The zero-order valence-corrected chi connectivity index (χ0v) is 8.06. The summed E-state index contributed by atoms with van der Waals surface area (Å²) in [6, 6.07) is 2.94. The highest BCUT2D eigenvalue weighted by atomic mass is 79.9. The minimum Gasteiger partial charge on any atom is -0.282 e. The number of benzene rings is 1. The molecule has 0 amide bonds. The lowest BCUT2D eigenvalue weighted by atomic mass is 10.3. The van der Waals surface area contributed by atoms with Crippen LogP contribution in [0.15, 0.2) is 27.6 Å². The molecule has 0 saturated heterocycles. The highest BCUT2D eigenvalue weighted by Gasteiger charge is 2.11. The number of hydrogen-bond acceptors (Lipinski definition) is 2. The summed E-state index contributed by atoms with van der Waals surface area (Å²) in [5.74, 6) is -0.725. The maximum Gasteiger partial charge on any atom is 0.294 e. The molecule has 0 fully saturated rings. The van der Waals surface area contributed by atoms with Crippen LogP contribution >= 0.6 is 15.9 Å². The Morgan fingerprint density at radius 2 is 1.92 bits per heavy atom. The fourth-order valence-electron chi connectivity index (χ4n) is 0.677. The fourth-order valence-corrected chi connectivity index (χ4v) is 1.83. The average molecular weight is 255 g/mol. The zero-order chi connectivity index (χ0) is 9.35. The first-order valence-electron chi connectivity index (χ1n) is 2.83. The van der Waals surface area contributed by atoms with Gasteiger partial charge in [0.15, 0.2) is 0 Å². The molecule has 0 unspecified atom stereocenters. The Kier molecular flexibility index (Phi) is 2.50. The lowest BCUT2D eigenvalue weighted by Crippen LogP contribution is -1.98. The van der Waals surface area contributed by atoms with Crippen LogP contribution in [0.4, 0.5) is 4.39 Å². The molecule has 12 heavy (non-hydrogen) atoms. The van der Waals surface area contributed by atoms with E-state index in [0.29, 0.717) is 0 Å². The van der Waals surface area contributed by atoms with Crippen molar-refractivity contribution in [3.05, 3.63) is 28.5 Å². The number of hydrogen-bond donors (Lipinski definition) is 1. The molecule has 66 valence electrons. The van der Waals surface area contributed by atoms with Crippen LogP contribution in [0.3, 0.4) is 0 Å². The van der Waals surface area contributed by atoms with Gasteiger partial charge in [-0.3, -0.25) is 4.55 Å². The summed E-state index contributed by atoms with van der Waals surface area (Å²) in [5.41, 5.74) is 0. The van der Waals surface area contributed by atoms with E-state index in [0.717, 1.165) is 18.2 Å². The fraction of sp³-hybridized carbons (Fsp3) is 0. The molecule has 6 heteroatoms. The summed E-state index contributed by atoms with van der Waals surface area (Å²) in [7, 11) is -4.32. The quantitative estimate of drug-likeness (QED) is 0.779. The molecule has 1 aromatic carbocycles. The monoisotopic (exact) mass is 254 g/mol. The highest BCUT2D eigenvalue weighted by molar-refractivity contribution is 9.10. The Labute approximate surface area is 77.1 Å². The Morgan fingerprint density at radius 3 is 2.33 bits per heavy atom. The Hall–Kier alpha value is -0.460. The molecule has 0 spiro atoms. The maximum atomic E-state index is 12.6. The minimum atomic E-state index is -4.32. The lowest BCUT2D eigenvalue weighted by molar-refractivity contribution is 0.482. The van der Waals surface area contributed by atoms with Crippen LogP contribution in [0.25, 0.3) is 0 Å². The van der Waals surface area contributed by atoms with E-state index in [2.05, 4.69) is 15.9 Å². The summed E-state index contributed by atoms with van der Waals surface area (Å²) < 4.78 is 42.3. The van der Waals surface area contributed by atoms with Crippen LogP contribution in [-0.4, -0.2) is 13.0 Å². The molecule has 0 heterocycles. The van der Waals surface area contributed by atoms with Crippen molar-refractivity contribution in [2.45, 2.75) is 4.90 Å². The van der Waals surface area contributed by atoms with E-state index in [1.807, 2.05) is 0 Å². The SMILES string of the molecule is O=S(=O)(O)c1cc(F)cc(Br)c1. The number of rotatable bonds is 1. The van der Waals surface area contributed by atoms with Gasteiger partial charge in [0, 0.05) is 4.47 Å². The van der Waals surface area contributed by atoms with Gasteiger partial charge in [-0.25, -0.2) is 4.39 Å². The van der Waals surface area contributed by atoms with Crippen LogP contribution in [0.1, 0.15) is 0 Å². The van der Waals surface area contributed by atoms with E-state index >= 15 is 0 Å². The van der Waals surface area contributed by atoms with Crippen molar-refractivity contribution in [2.24, 2.45) is 0 Å². The molecule has 0 saturated carbocycles. The van der Waals surface area contributed by atoms with Gasteiger partial charge in [-0.1, -0.05) is 15.9 Å². The summed E-state index contributed by atoms with van der Waals surface area (Å²) in [6.45, 7) is 0. The van der Waals surface area contributed by atoms with Gasteiger partial charge in [0.25, 0.3) is 10.1 Å². The zero-order valence-electron chi connectivity index (χ0n) is 5.66. The van der Waals surface area contributed by atoms with Crippen LogP contribution in [0.5, 0.6) is 0 Å². The first-order valence-corrected chi connectivity index (χ1v) is 5.06. The molecular formula is C6H4BrFO3S. The van der Waals surface area contributed by atoms with E-state index in [9.17, 15) is 12.8 Å². The Bertz CT molecular complexity index is 381. The molecular weight excluding hydrogens is 251 g/mol. The molecule has 0 radical (unpaired) electrons. The van der Waals surface area contributed by atoms with Crippen LogP contribution in [0, 0.1) is 5.82 Å². The summed E-state index contributed by atoms with van der Waals surface area (Å²) in [4.78, 5) is -0.464. The lowest BCUT2D eigenvalue weighted by Gasteiger charge is -1.97. The second-order valence-corrected chi connectivity index (χ2v) is 4.42. The van der Waals surface area contributed by atoms with Crippen molar-refractivity contribution in [2.75, 3.05) is 0 Å². The largest absolute Gasteiger partial charge is 0.294 e. The summed E-state index contributed by atoms with van der Waals surface area (Å²) >= 11 is 2.89. The molecule has 0 aliphatic rings. The first kappa shape index (κ1) is 9.63. The van der Waals surface area contributed by atoms with E-state index in [1.54, 1.807) is 0 Å². The van der Waals surface area contributed by atoms with Crippen LogP contribution < -0.4 is 0 Å². The molecule has 1 rings (SSSR count). The standard InChI is InChI=1S/C6H4BrFO3S/c7-4-1-5(8)3-6(2-4)12(9,10)11/h1-3H,(H,9,10,11). The second kappa shape index (κ2) is 3.12. The van der Waals surface area contributed by atoms with Crippen molar-refractivity contribution in [1.29, 1.82) is 0 Å². The third kappa shape index (κ3) is 2.26. The topological polar surface area (TPSA) is 54.4 Å². The molecule has 1 aromatic rings. The number of halogens is 2. The van der Waals surface area contributed by atoms with Gasteiger partial charge in [0.1, 0.15) is 5.82 Å². The van der Waals surface area contributed by atoms with E-state index < -0.39 is 20.8 Å². The predicted molar refractivity (Wildman–Crippen MR) is 43.9 cm³/mol. The summed E-state index contributed by atoms with van der Waals surface area (Å²) in [5, 5.41) is 0. The second-order valence-electron chi connectivity index (χ2n) is 2.08. The van der Waals surface area contributed by atoms with Gasteiger partial charge < -0.3 is 0 Å². The Morgan fingerprint density at radius 1 is 1.33 bits per heavy atom. The van der Waals surface area contributed by atoms with Crippen LogP contribution in [0.2, 0.25) is 0 Å². The third-order valence-electron chi connectivity index (χ3n) is 1.13. The normalized spacial score (nSPS) is 11.6. The third-order valence-corrected chi connectivity index (χ3v) is 2.42. The van der Waals surface area contributed by atoms with Crippen molar-refractivity contribution < 1.29 is 17.4 Å². The molecule has 0 atom stereocenters. The van der Waals surface area contributed by atoms with Gasteiger partial charge >= 0.3 is 0 Å². The van der Waals surface area contributed by atoms with Gasteiger partial charge in [0.2, 0.25) is 0 Å². The highest BCUT2D eigenvalue weighted by Crippen LogP contribution is 2.18. The first-order chi connectivity index (χ1) is 5.39. The molecule has 0 aromatic heterocycles. The van der Waals surface area contributed by atoms with Gasteiger partial charge in [-0.05, 0) is 18.2 Å². The van der Waals surface area contributed by atoms with Crippen molar-refractivity contribution in [3.63, 3.8) is 0 Å². The van der Waals surface area contributed by atoms with Crippen molar-refractivity contribution >= 4 is 26.0 Å². The molecule has 0 aliphatic carbocycles. The average Bonchev–Trinajstić information content (AvgIpc) is 1.82. The Balaban J connectivity index is 3.37. The predicted octanol–water partition coefficient (Wildman–Crippen LogP) is 1.83.